The maximum absolute atomic E-state index is 12.4. The summed E-state index contributed by atoms with van der Waals surface area (Å²) in [5, 5.41) is 9.58. The van der Waals surface area contributed by atoms with Crippen molar-refractivity contribution < 1.29 is 14.7 Å². The van der Waals surface area contributed by atoms with Crippen LogP contribution in [0.1, 0.15) is 44.6 Å². The molecule has 22 heavy (non-hydrogen) atoms. The van der Waals surface area contributed by atoms with Crippen LogP contribution in [0.3, 0.4) is 0 Å². The van der Waals surface area contributed by atoms with Gasteiger partial charge in [-0.15, -0.1) is 0 Å². The molecule has 5 heteroatoms. The molecule has 0 spiro atoms. The number of likely N-dealkylation sites (tertiary alicyclic amines) is 1. The van der Waals surface area contributed by atoms with Gasteiger partial charge in [-0.2, -0.15) is 0 Å². The van der Waals surface area contributed by atoms with Gasteiger partial charge in [0.25, 0.3) is 0 Å². The number of hydrogen-bond donors (Lipinski definition) is 1. The Balaban J connectivity index is 1.96. The van der Waals surface area contributed by atoms with E-state index >= 15 is 0 Å². The summed E-state index contributed by atoms with van der Waals surface area (Å²) in [5.74, 6) is -0.709. The number of hydrogen-bond acceptors (Lipinski definition) is 3. The van der Waals surface area contributed by atoms with E-state index in [1.165, 1.54) is 0 Å². The summed E-state index contributed by atoms with van der Waals surface area (Å²) in [7, 11) is 0. The fourth-order valence-corrected chi connectivity index (χ4v) is 3.27. The Morgan fingerprint density at radius 3 is 2.73 bits per heavy atom. The SMILES string of the molecule is CCC[C@@]1(C(=O)O)CCCN(C(=O)CCc2ccncc2)C1. The fraction of sp³-hybridized carbons (Fsp3) is 0.588. The Morgan fingerprint density at radius 1 is 1.36 bits per heavy atom. The third kappa shape index (κ3) is 3.84. The molecule has 1 fully saturated rings. The summed E-state index contributed by atoms with van der Waals surface area (Å²) in [6.07, 6.45) is 7.44. The van der Waals surface area contributed by atoms with Crippen molar-refractivity contribution in [3.05, 3.63) is 30.1 Å². The Hall–Kier alpha value is -1.91. The van der Waals surface area contributed by atoms with E-state index in [0.29, 0.717) is 38.8 Å². The zero-order chi connectivity index (χ0) is 16.0. The van der Waals surface area contributed by atoms with Crippen LogP contribution in [0.15, 0.2) is 24.5 Å². The second kappa shape index (κ2) is 7.38. The van der Waals surface area contributed by atoms with E-state index < -0.39 is 11.4 Å². The van der Waals surface area contributed by atoms with E-state index in [4.69, 9.17) is 0 Å². The molecule has 0 unspecified atom stereocenters. The second-order valence-corrected chi connectivity index (χ2v) is 6.11. The van der Waals surface area contributed by atoms with Gasteiger partial charge in [0, 0.05) is 31.9 Å². The van der Waals surface area contributed by atoms with Gasteiger partial charge in [-0.05, 0) is 43.4 Å². The number of nitrogens with zero attached hydrogens (tertiary/aromatic N) is 2. The van der Waals surface area contributed by atoms with Crippen LogP contribution < -0.4 is 0 Å². The first-order valence-corrected chi connectivity index (χ1v) is 7.97. The third-order valence-electron chi connectivity index (χ3n) is 4.49. The number of carbonyl (C=O) groups is 2. The van der Waals surface area contributed by atoms with Gasteiger partial charge in [-0.25, -0.2) is 0 Å². The summed E-state index contributed by atoms with van der Waals surface area (Å²) in [4.78, 5) is 29.8. The number of aryl methyl sites for hydroxylation is 1. The van der Waals surface area contributed by atoms with Gasteiger partial charge >= 0.3 is 5.97 Å². The van der Waals surface area contributed by atoms with Crippen molar-refractivity contribution in [2.75, 3.05) is 13.1 Å². The molecule has 1 amide bonds. The molecule has 0 saturated carbocycles. The number of rotatable bonds is 6. The van der Waals surface area contributed by atoms with E-state index in [1.807, 2.05) is 19.1 Å². The van der Waals surface area contributed by atoms with E-state index in [2.05, 4.69) is 4.98 Å². The lowest BCUT2D eigenvalue weighted by Gasteiger charge is -2.40. The minimum atomic E-state index is -0.763. The molecule has 1 N–H and O–H groups in total. The number of pyridine rings is 1. The van der Waals surface area contributed by atoms with Crippen LogP contribution >= 0.6 is 0 Å². The van der Waals surface area contributed by atoms with Gasteiger partial charge in [0.15, 0.2) is 0 Å². The summed E-state index contributed by atoms with van der Waals surface area (Å²) in [5.41, 5.74) is 0.331. The van der Waals surface area contributed by atoms with Gasteiger partial charge < -0.3 is 10.0 Å². The fourth-order valence-electron chi connectivity index (χ4n) is 3.27. The molecule has 120 valence electrons. The number of aliphatic carboxylic acids is 1. The topological polar surface area (TPSA) is 70.5 Å². The lowest BCUT2D eigenvalue weighted by molar-refractivity contribution is -0.155. The molecular formula is C17H24N2O3. The van der Waals surface area contributed by atoms with Crippen LogP contribution in [0.5, 0.6) is 0 Å². The van der Waals surface area contributed by atoms with Crippen LogP contribution in [-0.4, -0.2) is 40.0 Å². The highest BCUT2D eigenvalue weighted by Crippen LogP contribution is 2.35. The number of aromatic nitrogens is 1. The van der Waals surface area contributed by atoms with Crippen molar-refractivity contribution in [2.45, 2.75) is 45.4 Å². The normalized spacial score (nSPS) is 21.6. The van der Waals surface area contributed by atoms with Crippen LogP contribution in [0.2, 0.25) is 0 Å². The molecule has 1 atom stereocenters. The summed E-state index contributed by atoms with van der Waals surface area (Å²) < 4.78 is 0. The Labute approximate surface area is 131 Å². The van der Waals surface area contributed by atoms with Crippen LogP contribution in [0.25, 0.3) is 0 Å². The Kier molecular flexibility index (Phi) is 5.52. The zero-order valence-corrected chi connectivity index (χ0v) is 13.1. The van der Waals surface area contributed by atoms with E-state index in [9.17, 15) is 14.7 Å². The number of carbonyl (C=O) groups excluding carboxylic acids is 1. The monoisotopic (exact) mass is 304 g/mol. The second-order valence-electron chi connectivity index (χ2n) is 6.11. The number of carboxylic acids is 1. The van der Waals surface area contributed by atoms with E-state index in [0.717, 1.165) is 18.4 Å². The van der Waals surface area contributed by atoms with E-state index in [-0.39, 0.29) is 5.91 Å². The van der Waals surface area contributed by atoms with E-state index in [1.54, 1.807) is 17.3 Å². The summed E-state index contributed by atoms with van der Waals surface area (Å²) in [6, 6.07) is 3.81. The van der Waals surface area contributed by atoms with Gasteiger partial charge in [-0.1, -0.05) is 13.3 Å². The maximum Gasteiger partial charge on any atom is 0.311 e. The molecule has 2 rings (SSSR count). The van der Waals surface area contributed by atoms with Crippen molar-refractivity contribution in [1.29, 1.82) is 0 Å². The zero-order valence-electron chi connectivity index (χ0n) is 13.1. The minimum Gasteiger partial charge on any atom is -0.481 e. The first kappa shape index (κ1) is 16.5. The average molecular weight is 304 g/mol. The molecule has 5 nitrogen and oxygen atoms in total. The molecule has 2 heterocycles. The molecule has 1 aliphatic heterocycles. The predicted molar refractivity (Wildman–Crippen MR) is 83.3 cm³/mol. The Morgan fingerprint density at radius 2 is 2.09 bits per heavy atom. The standard InChI is InChI=1S/C17H24N2O3/c1-2-8-17(16(21)22)9-3-12-19(13-17)15(20)5-4-14-6-10-18-11-7-14/h6-7,10-11H,2-5,8-9,12-13H2,1H3,(H,21,22)/t17-/m1/s1. The number of carboxylic acid groups (broad SMARTS) is 1. The highest BCUT2D eigenvalue weighted by molar-refractivity contribution is 5.80. The van der Waals surface area contributed by atoms with Gasteiger partial charge in [-0.3, -0.25) is 14.6 Å². The first-order valence-electron chi connectivity index (χ1n) is 7.97. The molecule has 0 bridgehead atoms. The molecule has 0 aromatic carbocycles. The van der Waals surface area contributed by atoms with Gasteiger partial charge in [0.1, 0.15) is 0 Å². The molecule has 0 aliphatic carbocycles. The van der Waals surface area contributed by atoms with Crippen LogP contribution in [-0.2, 0) is 16.0 Å². The summed E-state index contributed by atoms with van der Waals surface area (Å²) in [6.45, 7) is 3.02. The molecule has 0 radical (unpaired) electrons. The lowest BCUT2D eigenvalue weighted by atomic mass is 9.76. The Bertz CT molecular complexity index is 514. The highest BCUT2D eigenvalue weighted by atomic mass is 16.4. The van der Waals surface area contributed by atoms with Crippen molar-refractivity contribution in [3.8, 4) is 0 Å². The van der Waals surface area contributed by atoms with Gasteiger partial charge in [0.05, 0.1) is 5.41 Å². The maximum atomic E-state index is 12.4. The summed E-state index contributed by atoms with van der Waals surface area (Å²) >= 11 is 0. The van der Waals surface area contributed by atoms with Crippen molar-refractivity contribution >= 4 is 11.9 Å². The van der Waals surface area contributed by atoms with Crippen molar-refractivity contribution in [1.82, 2.24) is 9.88 Å². The molecule has 1 aromatic heterocycles. The highest BCUT2D eigenvalue weighted by Gasteiger charge is 2.42. The molecule has 1 saturated heterocycles. The van der Waals surface area contributed by atoms with Crippen LogP contribution in [0, 0.1) is 5.41 Å². The average Bonchev–Trinajstić information content (AvgIpc) is 2.54. The number of amides is 1. The molecule has 1 aliphatic rings. The van der Waals surface area contributed by atoms with Gasteiger partial charge in [0.2, 0.25) is 5.91 Å². The lowest BCUT2D eigenvalue weighted by Crippen LogP contribution is -2.50. The predicted octanol–water partition coefficient (Wildman–Crippen LogP) is 2.51. The number of piperidine rings is 1. The minimum absolute atomic E-state index is 0.0539. The molecule has 1 aromatic rings. The molecular weight excluding hydrogens is 280 g/mol. The largest absolute Gasteiger partial charge is 0.481 e. The van der Waals surface area contributed by atoms with Crippen molar-refractivity contribution in [3.63, 3.8) is 0 Å². The first-order chi connectivity index (χ1) is 10.6. The third-order valence-corrected chi connectivity index (χ3v) is 4.49. The smallest absolute Gasteiger partial charge is 0.311 e. The van der Waals surface area contributed by atoms with Crippen LogP contribution in [0.4, 0.5) is 0 Å². The van der Waals surface area contributed by atoms with Crippen molar-refractivity contribution in [2.24, 2.45) is 5.41 Å². The quantitative estimate of drug-likeness (QED) is 0.876.